The van der Waals surface area contributed by atoms with Crippen LogP contribution >= 0.6 is 0 Å². The van der Waals surface area contributed by atoms with Gasteiger partial charge in [-0.1, -0.05) is 0 Å². The summed E-state index contributed by atoms with van der Waals surface area (Å²) in [5.74, 6) is 0.530. The van der Waals surface area contributed by atoms with Crippen LogP contribution in [0, 0.1) is 5.92 Å². The van der Waals surface area contributed by atoms with Crippen LogP contribution in [0.15, 0.2) is 43.0 Å². The molecule has 0 spiro atoms. The van der Waals surface area contributed by atoms with Crippen LogP contribution in [0.4, 0.5) is 11.5 Å². The molecule has 2 N–H and O–H groups in total. The summed E-state index contributed by atoms with van der Waals surface area (Å²) in [6, 6.07) is 5.31. The van der Waals surface area contributed by atoms with E-state index in [1.807, 2.05) is 6.07 Å². The molecule has 0 aromatic carbocycles. The Kier molecular flexibility index (Phi) is 4.41. The highest BCUT2D eigenvalue weighted by Gasteiger charge is 2.30. The maximum Gasteiger partial charge on any atom is 0.247 e. The number of aryl methyl sites for hydroxylation is 1. The molecule has 0 bridgehead atoms. The number of amides is 2. The lowest BCUT2D eigenvalue weighted by Gasteiger charge is -2.08. The first-order valence-corrected chi connectivity index (χ1v) is 8.67. The van der Waals surface area contributed by atoms with Crippen LogP contribution in [0.2, 0.25) is 0 Å². The minimum atomic E-state index is -0.212. The lowest BCUT2D eigenvalue weighted by molar-refractivity contribution is -0.118. The van der Waals surface area contributed by atoms with E-state index < -0.39 is 0 Å². The number of carbonyl (C=O) groups is 2. The average Bonchev–Trinajstić information content (AvgIpc) is 3.30. The molecule has 0 aliphatic heterocycles. The third kappa shape index (κ3) is 3.86. The Labute approximate surface area is 155 Å². The highest BCUT2D eigenvalue weighted by atomic mass is 16.2. The third-order valence-electron chi connectivity index (χ3n) is 4.31. The van der Waals surface area contributed by atoms with Gasteiger partial charge in [-0.25, -0.2) is 0 Å². The van der Waals surface area contributed by atoms with Crippen molar-refractivity contribution in [3.05, 3.63) is 43.0 Å². The fourth-order valence-corrected chi connectivity index (χ4v) is 2.71. The van der Waals surface area contributed by atoms with Gasteiger partial charge in [-0.05, 0) is 25.0 Å². The molecule has 0 radical (unpaired) electrons. The maximum absolute atomic E-state index is 12.2. The lowest BCUT2D eigenvalue weighted by Crippen LogP contribution is -2.20. The quantitative estimate of drug-likeness (QED) is 0.691. The van der Waals surface area contributed by atoms with E-state index in [9.17, 15) is 9.59 Å². The van der Waals surface area contributed by atoms with Crippen molar-refractivity contribution in [2.24, 2.45) is 13.0 Å². The first-order chi connectivity index (χ1) is 13.1. The van der Waals surface area contributed by atoms with Crippen LogP contribution in [-0.2, 0) is 23.2 Å². The topological polar surface area (TPSA) is 107 Å². The Balaban J connectivity index is 1.47. The molecule has 27 heavy (non-hydrogen) atoms. The number of pyridine rings is 1. The molecule has 0 unspecified atom stereocenters. The largest absolute Gasteiger partial charge is 0.324 e. The van der Waals surface area contributed by atoms with Crippen molar-refractivity contribution in [2.75, 3.05) is 10.6 Å². The summed E-state index contributed by atoms with van der Waals surface area (Å²) in [5, 5.41) is 13.9. The van der Waals surface area contributed by atoms with Crippen molar-refractivity contribution in [2.45, 2.75) is 19.4 Å². The molecule has 0 saturated heterocycles. The number of nitrogens with one attached hydrogen (secondary N) is 2. The van der Waals surface area contributed by atoms with Gasteiger partial charge < -0.3 is 10.6 Å². The molecule has 1 aliphatic rings. The van der Waals surface area contributed by atoms with Crippen molar-refractivity contribution < 1.29 is 9.59 Å². The van der Waals surface area contributed by atoms with Gasteiger partial charge in [0.05, 0.1) is 23.8 Å². The second-order valence-electron chi connectivity index (χ2n) is 6.48. The molecule has 3 aromatic rings. The monoisotopic (exact) mass is 365 g/mol. The van der Waals surface area contributed by atoms with Crippen LogP contribution < -0.4 is 10.6 Å². The van der Waals surface area contributed by atoms with E-state index in [-0.39, 0.29) is 24.3 Å². The average molecular weight is 365 g/mol. The van der Waals surface area contributed by atoms with E-state index in [0.29, 0.717) is 17.2 Å². The smallest absolute Gasteiger partial charge is 0.247 e. The summed E-state index contributed by atoms with van der Waals surface area (Å²) in [4.78, 5) is 28.6. The minimum absolute atomic E-state index is 0.0206. The van der Waals surface area contributed by atoms with Gasteiger partial charge in [-0.15, -0.1) is 0 Å². The van der Waals surface area contributed by atoms with E-state index in [1.165, 1.54) is 4.68 Å². The SMILES string of the molecule is Cn1nccc1NC(=O)Cn1cc(-c2ncccc2NC(=O)C2CC2)cn1. The Hall–Kier alpha value is -3.49. The molecule has 0 atom stereocenters. The predicted octanol–water partition coefficient (Wildman–Crippen LogP) is 1.67. The number of nitrogens with zero attached hydrogens (tertiary/aromatic N) is 5. The van der Waals surface area contributed by atoms with E-state index in [2.05, 4.69) is 25.8 Å². The Morgan fingerprint density at radius 3 is 2.78 bits per heavy atom. The minimum Gasteiger partial charge on any atom is -0.324 e. The van der Waals surface area contributed by atoms with Gasteiger partial charge in [0.2, 0.25) is 11.8 Å². The molecule has 138 valence electrons. The molecule has 4 rings (SSSR count). The van der Waals surface area contributed by atoms with Gasteiger partial charge in [0, 0.05) is 37.0 Å². The summed E-state index contributed by atoms with van der Waals surface area (Å²) >= 11 is 0. The lowest BCUT2D eigenvalue weighted by atomic mass is 10.2. The first kappa shape index (κ1) is 17.0. The summed E-state index contributed by atoms with van der Waals surface area (Å²) in [6.07, 6.45) is 8.51. The molecular formula is C18H19N7O2. The summed E-state index contributed by atoms with van der Waals surface area (Å²) in [5.41, 5.74) is 2.01. The molecule has 1 saturated carbocycles. The summed E-state index contributed by atoms with van der Waals surface area (Å²) < 4.78 is 3.11. The number of hydrogen-bond donors (Lipinski definition) is 2. The first-order valence-electron chi connectivity index (χ1n) is 8.67. The van der Waals surface area contributed by atoms with Crippen LogP contribution in [0.1, 0.15) is 12.8 Å². The highest BCUT2D eigenvalue weighted by Crippen LogP contribution is 2.32. The number of hydrogen-bond acceptors (Lipinski definition) is 5. The molecule has 3 heterocycles. The van der Waals surface area contributed by atoms with Gasteiger partial charge >= 0.3 is 0 Å². The van der Waals surface area contributed by atoms with E-state index in [0.717, 1.165) is 18.4 Å². The highest BCUT2D eigenvalue weighted by molar-refractivity contribution is 5.97. The van der Waals surface area contributed by atoms with Crippen molar-refractivity contribution in [1.29, 1.82) is 0 Å². The zero-order chi connectivity index (χ0) is 18.8. The molecule has 2 amide bonds. The standard InChI is InChI=1S/C18H19N7O2/c1-24-15(6-8-20-24)23-16(26)11-25-10-13(9-21-25)17-14(3-2-7-19-17)22-18(27)12-4-5-12/h2-3,6-10,12H,4-5,11H2,1H3,(H,22,27)(H,23,26). The number of aromatic nitrogens is 5. The predicted molar refractivity (Wildman–Crippen MR) is 98.6 cm³/mol. The molecule has 3 aromatic heterocycles. The number of carbonyl (C=O) groups excluding carboxylic acids is 2. The van der Waals surface area contributed by atoms with Crippen molar-refractivity contribution in [3.63, 3.8) is 0 Å². The van der Waals surface area contributed by atoms with Crippen molar-refractivity contribution in [3.8, 4) is 11.3 Å². The van der Waals surface area contributed by atoms with Gasteiger partial charge in [0.1, 0.15) is 12.4 Å². The van der Waals surface area contributed by atoms with Gasteiger partial charge in [0.15, 0.2) is 0 Å². The molecule has 1 aliphatic carbocycles. The van der Waals surface area contributed by atoms with E-state index >= 15 is 0 Å². The molecule has 1 fully saturated rings. The van der Waals surface area contributed by atoms with Crippen molar-refractivity contribution >= 4 is 23.3 Å². The molecule has 9 heteroatoms. The van der Waals surface area contributed by atoms with E-state index in [4.69, 9.17) is 0 Å². The van der Waals surface area contributed by atoms with Crippen LogP contribution in [-0.4, -0.2) is 36.4 Å². The van der Waals surface area contributed by atoms with Gasteiger partial charge in [-0.3, -0.25) is 23.9 Å². The van der Waals surface area contributed by atoms with Gasteiger partial charge in [0.25, 0.3) is 0 Å². The molecular weight excluding hydrogens is 346 g/mol. The Bertz CT molecular complexity index is 987. The summed E-state index contributed by atoms with van der Waals surface area (Å²) in [6.45, 7) is 0.0573. The second-order valence-corrected chi connectivity index (χ2v) is 6.48. The zero-order valence-corrected chi connectivity index (χ0v) is 14.8. The third-order valence-corrected chi connectivity index (χ3v) is 4.31. The number of anilines is 2. The fraction of sp³-hybridized carbons (Fsp3) is 0.278. The Morgan fingerprint density at radius 1 is 1.19 bits per heavy atom. The molecule has 9 nitrogen and oxygen atoms in total. The fourth-order valence-electron chi connectivity index (χ4n) is 2.71. The second kappa shape index (κ2) is 7.02. The maximum atomic E-state index is 12.2. The normalized spacial score (nSPS) is 13.4. The van der Waals surface area contributed by atoms with E-state index in [1.54, 1.807) is 48.6 Å². The van der Waals surface area contributed by atoms with Crippen molar-refractivity contribution in [1.82, 2.24) is 24.5 Å². The number of rotatable bonds is 6. The zero-order valence-electron chi connectivity index (χ0n) is 14.8. The van der Waals surface area contributed by atoms with Gasteiger partial charge in [-0.2, -0.15) is 10.2 Å². The van der Waals surface area contributed by atoms with Crippen LogP contribution in [0.25, 0.3) is 11.3 Å². The van der Waals surface area contributed by atoms with Crippen LogP contribution in [0.3, 0.4) is 0 Å². The Morgan fingerprint density at radius 2 is 2.04 bits per heavy atom. The summed E-state index contributed by atoms with van der Waals surface area (Å²) in [7, 11) is 1.75. The van der Waals surface area contributed by atoms with Crippen LogP contribution in [0.5, 0.6) is 0 Å².